The quantitative estimate of drug-likeness (QED) is 0.566. The number of ether oxygens (including phenoxy) is 2. The molecule has 0 aliphatic carbocycles. The third-order valence-corrected chi connectivity index (χ3v) is 5.34. The highest BCUT2D eigenvalue weighted by molar-refractivity contribution is 5.85. The minimum Gasteiger partial charge on any atom is -0.454 e. The lowest BCUT2D eigenvalue weighted by Gasteiger charge is -2.28. The maximum Gasteiger partial charge on any atom is 0.244 e. The van der Waals surface area contributed by atoms with E-state index in [0.717, 1.165) is 43.0 Å². The summed E-state index contributed by atoms with van der Waals surface area (Å²) < 4.78 is 10.8. The number of rotatable bonds is 6. The Morgan fingerprint density at radius 1 is 1.10 bits per heavy atom. The van der Waals surface area contributed by atoms with E-state index >= 15 is 0 Å². The molecule has 2 N–H and O–H groups in total. The number of amides is 1. The lowest BCUT2D eigenvalue weighted by atomic mass is 10.00. The highest BCUT2D eigenvalue weighted by Crippen LogP contribution is 2.32. The fourth-order valence-electron chi connectivity index (χ4n) is 3.72. The number of fused-ring (bicyclic) bond motifs is 2. The van der Waals surface area contributed by atoms with Gasteiger partial charge in [0.05, 0.1) is 0 Å². The Balaban J connectivity index is 1.28. The summed E-state index contributed by atoms with van der Waals surface area (Å²) in [5.41, 5.74) is 3.73. The molecule has 2 aromatic carbocycles. The first-order valence-electron chi connectivity index (χ1n) is 10.5. The number of nitrogens with one attached hydrogen (secondary N) is 2. The van der Waals surface area contributed by atoms with E-state index in [9.17, 15) is 4.79 Å². The molecule has 0 unspecified atom stereocenters. The lowest BCUT2D eigenvalue weighted by Crippen LogP contribution is -2.41. The second-order valence-electron chi connectivity index (χ2n) is 7.39. The van der Waals surface area contributed by atoms with Crippen molar-refractivity contribution in [1.82, 2.24) is 15.5 Å². The summed E-state index contributed by atoms with van der Waals surface area (Å²) in [5, 5.41) is 6.51. The predicted octanol–water partition coefficient (Wildman–Crippen LogP) is 2.10. The van der Waals surface area contributed by atoms with Crippen LogP contribution < -0.4 is 20.1 Å². The molecule has 2 aliphatic heterocycles. The molecule has 7 nitrogen and oxygen atoms in total. The van der Waals surface area contributed by atoms with Crippen LogP contribution >= 0.6 is 0 Å². The number of carbonyl (C=O) groups is 1. The van der Waals surface area contributed by atoms with Crippen molar-refractivity contribution in [3.8, 4) is 11.5 Å². The minimum atomic E-state index is 0.0532. The maximum absolute atomic E-state index is 12.7. The van der Waals surface area contributed by atoms with Gasteiger partial charge in [-0.3, -0.25) is 4.79 Å². The smallest absolute Gasteiger partial charge is 0.244 e. The van der Waals surface area contributed by atoms with Gasteiger partial charge >= 0.3 is 0 Å². The van der Waals surface area contributed by atoms with Crippen LogP contribution in [0.4, 0.5) is 0 Å². The molecular weight excluding hydrogens is 380 g/mol. The molecule has 0 bridgehead atoms. The van der Waals surface area contributed by atoms with Crippen LogP contribution in [0.1, 0.15) is 23.6 Å². The van der Waals surface area contributed by atoms with E-state index < -0.39 is 0 Å². The molecule has 2 aliphatic rings. The molecule has 0 spiro atoms. The summed E-state index contributed by atoms with van der Waals surface area (Å²) in [4.78, 5) is 19.0. The average molecular weight is 409 g/mol. The van der Waals surface area contributed by atoms with Gasteiger partial charge in [0.2, 0.25) is 12.7 Å². The third-order valence-electron chi connectivity index (χ3n) is 5.34. The van der Waals surface area contributed by atoms with Crippen molar-refractivity contribution in [2.24, 2.45) is 4.99 Å². The van der Waals surface area contributed by atoms with Crippen molar-refractivity contribution >= 4 is 11.9 Å². The van der Waals surface area contributed by atoms with E-state index in [-0.39, 0.29) is 19.2 Å². The Kier molecular flexibility index (Phi) is 6.37. The molecule has 30 heavy (non-hydrogen) atoms. The first kappa shape index (κ1) is 20.1. The van der Waals surface area contributed by atoms with Gasteiger partial charge in [-0.05, 0) is 48.6 Å². The van der Waals surface area contributed by atoms with Crippen LogP contribution in [-0.4, -0.2) is 49.7 Å². The Morgan fingerprint density at radius 3 is 2.80 bits per heavy atom. The topological polar surface area (TPSA) is 75.2 Å². The molecule has 158 valence electrons. The van der Waals surface area contributed by atoms with Gasteiger partial charge in [0, 0.05) is 26.2 Å². The number of guanidine groups is 1. The second-order valence-corrected chi connectivity index (χ2v) is 7.39. The number of carbonyl (C=O) groups excluding carboxylic acids is 1. The van der Waals surface area contributed by atoms with Crippen LogP contribution in [0, 0.1) is 0 Å². The van der Waals surface area contributed by atoms with Crippen LogP contribution in [0.2, 0.25) is 0 Å². The van der Waals surface area contributed by atoms with Crippen LogP contribution in [0.25, 0.3) is 0 Å². The zero-order valence-corrected chi connectivity index (χ0v) is 17.3. The van der Waals surface area contributed by atoms with E-state index in [0.29, 0.717) is 19.0 Å². The molecule has 4 rings (SSSR count). The molecule has 0 saturated carbocycles. The SMILES string of the molecule is CCNC(=NCC(=O)N1CCc2ccccc2C1)NCCc1ccc2c(c1)OCO2. The molecule has 1 amide bonds. The standard InChI is InChI=1S/C23H28N4O3/c1-2-24-23(25-11-9-17-7-8-20-21(13-17)30-16-29-20)26-14-22(28)27-12-10-18-5-3-4-6-19(18)15-27/h3-8,13H,2,9-12,14-16H2,1H3,(H2,24,25,26). The Hall–Kier alpha value is -3.22. The first-order valence-corrected chi connectivity index (χ1v) is 10.5. The predicted molar refractivity (Wildman–Crippen MR) is 116 cm³/mol. The fraction of sp³-hybridized carbons (Fsp3) is 0.391. The van der Waals surface area contributed by atoms with Crippen molar-refractivity contribution in [2.75, 3.05) is 33.0 Å². The second kappa shape index (κ2) is 9.52. The van der Waals surface area contributed by atoms with Crippen molar-refractivity contribution < 1.29 is 14.3 Å². The summed E-state index contributed by atoms with van der Waals surface area (Å²) in [7, 11) is 0. The van der Waals surface area contributed by atoms with Crippen molar-refractivity contribution in [1.29, 1.82) is 0 Å². The third kappa shape index (κ3) is 4.84. The maximum atomic E-state index is 12.7. The van der Waals surface area contributed by atoms with Gasteiger partial charge < -0.3 is 25.0 Å². The molecular formula is C23H28N4O3. The molecule has 0 saturated heterocycles. The summed E-state index contributed by atoms with van der Waals surface area (Å²) in [5.74, 6) is 2.30. The van der Waals surface area contributed by atoms with E-state index in [2.05, 4.69) is 33.8 Å². The summed E-state index contributed by atoms with van der Waals surface area (Å²) >= 11 is 0. The summed E-state index contributed by atoms with van der Waals surface area (Å²) in [6, 6.07) is 14.3. The Morgan fingerprint density at radius 2 is 1.93 bits per heavy atom. The fourth-order valence-corrected chi connectivity index (χ4v) is 3.72. The minimum absolute atomic E-state index is 0.0532. The highest BCUT2D eigenvalue weighted by Gasteiger charge is 2.20. The molecule has 2 aromatic rings. The molecule has 0 atom stereocenters. The molecule has 7 heteroatoms. The van der Waals surface area contributed by atoms with Gasteiger partial charge in [-0.25, -0.2) is 4.99 Å². The Labute approximate surface area is 177 Å². The van der Waals surface area contributed by atoms with E-state index in [1.165, 1.54) is 11.1 Å². The van der Waals surface area contributed by atoms with E-state index in [1.807, 2.05) is 36.1 Å². The van der Waals surface area contributed by atoms with Crippen molar-refractivity contribution in [3.63, 3.8) is 0 Å². The van der Waals surface area contributed by atoms with Crippen LogP contribution in [-0.2, 0) is 24.2 Å². The monoisotopic (exact) mass is 408 g/mol. The Bertz CT molecular complexity index is 928. The summed E-state index contributed by atoms with van der Waals surface area (Å²) in [6.07, 6.45) is 1.72. The average Bonchev–Trinajstić information content (AvgIpc) is 3.25. The van der Waals surface area contributed by atoms with Crippen LogP contribution in [0.3, 0.4) is 0 Å². The van der Waals surface area contributed by atoms with Crippen molar-refractivity contribution in [3.05, 3.63) is 59.2 Å². The molecule has 0 aromatic heterocycles. The number of benzene rings is 2. The molecule has 0 radical (unpaired) electrons. The van der Waals surface area contributed by atoms with Crippen LogP contribution in [0.15, 0.2) is 47.5 Å². The zero-order chi connectivity index (χ0) is 20.8. The van der Waals surface area contributed by atoms with Gasteiger partial charge in [-0.2, -0.15) is 0 Å². The summed E-state index contributed by atoms with van der Waals surface area (Å²) in [6.45, 7) is 5.29. The zero-order valence-electron chi connectivity index (χ0n) is 17.3. The molecule has 2 heterocycles. The number of hydrogen-bond acceptors (Lipinski definition) is 4. The number of nitrogens with zero attached hydrogens (tertiary/aromatic N) is 2. The normalized spacial score (nSPS) is 15.0. The van der Waals surface area contributed by atoms with E-state index in [4.69, 9.17) is 9.47 Å². The van der Waals surface area contributed by atoms with Gasteiger partial charge in [0.15, 0.2) is 17.5 Å². The highest BCUT2D eigenvalue weighted by atomic mass is 16.7. The van der Waals surface area contributed by atoms with Crippen LogP contribution in [0.5, 0.6) is 11.5 Å². The molecule has 0 fully saturated rings. The van der Waals surface area contributed by atoms with Gasteiger partial charge in [-0.15, -0.1) is 0 Å². The number of hydrogen-bond donors (Lipinski definition) is 2. The first-order chi connectivity index (χ1) is 14.7. The van der Waals surface area contributed by atoms with Gasteiger partial charge in [0.25, 0.3) is 0 Å². The van der Waals surface area contributed by atoms with Crippen molar-refractivity contribution in [2.45, 2.75) is 26.3 Å². The number of aliphatic imine (C=N–C) groups is 1. The lowest BCUT2D eigenvalue weighted by molar-refractivity contribution is -0.130. The van der Waals surface area contributed by atoms with E-state index in [1.54, 1.807) is 0 Å². The van der Waals surface area contributed by atoms with Gasteiger partial charge in [0.1, 0.15) is 6.54 Å². The van der Waals surface area contributed by atoms with Gasteiger partial charge in [-0.1, -0.05) is 30.3 Å². The largest absolute Gasteiger partial charge is 0.454 e.